The first-order valence-corrected chi connectivity index (χ1v) is 6.96. The van der Waals surface area contributed by atoms with E-state index in [9.17, 15) is 9.90 Å². The molecule has 2 amide bonds. The van der Waals surface area contributed by atoms with E-state index in [1.165, 1.54) is 0 Å². The van der Waals surface area contributed by atoms with Crippen LogP contribution < -0.4 is 15.5 Å². The summed E-state index contributed by atoms with van der Waals surface area (Å²) in [5.74, 6) is 0. The Morgan fingerprint density at radius 3 is 2.70 bits per heavy atom. The van der Waals surface area contributed by atoms with Crippen LogP contribution in [0.3, 0.4) is 0 Å². The lowest BCUT2D eigenvalue weighted by molar-refractivity contribution is 0.206. The third-order valence-electron chi connectivity index (χ3n) is 3.61. The van der Waals surface area contributed by atoms with Crippen LogP contribution in [0, 0.1) is 5.41 Å². The van der Waals surface area contributed by atoms with Gasteiger partial charge in [0.25, 0.3) is 0 Å². The van der Waals surface area contributed by atoms with Gasteiger partial charge < -0.3 is 20.6 Å². The van der Waals surface area contributed by atoms with Crippen molar-refractivity contribution in [2.24, 2.45) is 5.41 Å². The molecule has 0 unspecified atom stereocenters. The molecule has 0 aromatic heterocycles. The number of nitrogens with zero attached hydrogens (tertiary/aromatic N) is 1. The van der Waals surface area contributed by atoms with Crippen LogP contribution in [0.15, 0.2) is 18.2 Å². The Kier molecular flexibility index (Phi) is 4.40. The minimum absolute atomic E-state index is 0.101. The van der Waals surface area contributed by atoms with Gasteiger partial charge in [-0.1, -0.05) is 11.6 Å². The molecule has 1 aromatic rings. The minimum atomic E-state index is -0.282. The summed E-state index contributed by atoms with van der Waals surface area (Å²) >= 11 is 5.96. The molecule has 2 rings (SSSR count). The minimum Gasteiger partial charge on any atom is -0.396 e. The molecule has 0 heterocycles. The highest BCUT2D eigenvalue weighted by Crippen LogP contribution is 2.44. The summed E-state index contributed by atoms with van der Waals surface area (Å²) in [4.78, 5) is 13.8. The predicted octanol–water partition coefficient (Wildman–Crippen LogP) is 2.30. The number of urea groups is 1. The number of carbonyl (C=O) groups excluding carboxylic acids is 1. The Morgan fingerprint density at radius 1 is 1.45 bits per heavy atom. The zero-order valence-electron chi connectivity index (χ0n) is 11.7. The average Bonchev–Trinajstić information content (AvgIpc) is 3.17. The molecule has 0 aliphatic heterocycles. The lowest BCUT2D eigenvalue weighted by Gasteiger charge is -2.19. The van der Waals surface area contributed by atoms with Crippen molar-refractivity contribution < 1.29 is 9.90 Å². The van der Waals surface area contributed by atoms with Gasteiger partial charge in [-0.25, -0.2) is 4.79 Å². The van der Waals surface area contributed by atoms with Crippen molar-refractivity contribution >= 4 is 29.0 Å². The van der Waals surface area contributed by atoms with Crippen LogP contribution in [0.25, 0.3) is 0 Å². The van der Waals surface area contributed by atoms with Gasteiger partial charge in [0, 0.05) is 31.1 Å². The standard InChI is InChI=1S/C14H20ClN3O2/c1-18(2)12-4-3-10(15)7-11(12)17-13(20)16-8-14(9-19)5-6-14/h3-4,7,19H,5-6,8-9H2,1-2H3,(H2,16,17,20). The first kappa shape index (κ1) is 14.9. The Labute approximate surface area is 123 Å². The van der Waals surface area contributed by atoms with Crippen molar-refractivity contribution in [1.82, 2.24) is 5.32 Å². The number of benzene rings is 1. The maximum atomic E-state index is 11.9. The van der Waals surface area contributed by atoms with Crippen LogP contribution in [0.5, 0.6) is 0 Å². The molecule has 110 valence electrons. The molecule has 5 nitrogen and oxygen atoms in total. The van der Waals surface area contributed by atoms with Crippen molar-refractivity contribution in [2.45, 2.75) is 12.8 Å². The van der Waals surface area contributed by atoms with Crippen LogP contribution in [0.1, 0.15) is 12.8 Å². The predicted molar refractivity (Wildman–Crippen MR) is 81.6 cm³/mol. The maximum Gasteiger partial charge on any atom is 0.319 e. The van der Waals surface area contributed by atoms with E-state index >= 15 is 0 Å². The molecule has 1 saturated carbocycles. The van der Waals surface area contributed by atoms with E-state index in [1.54, 1.807) is 12.1 Å². The van der Waals surface area contributed by atoms with Crippen LogP contribution >= 0.6 is 11.6 Å². The van der Waals surface area contributed by atoms with Gasteiger partial charge in [-0.2, -0.15) is 0 Å². The number of hydrogen-bond acceptors (Lipinski definition) is 3. The second-order valence-electron chi connectivity index (χ2n) is 5.52. The fourth-order valence-electron chi connectivity index (χ4n) is 2.00. The largest absolute Gasteiger partial charge is 0.396 e. The molecule has 0 atom stereocenters. The van der Waals surface area contributed by atoms with E-state index in [4.69, 9.17) is 11.6 Å². The van der Waals surface area contributed by atoms with Gasteiger partial charge in [0.15, 0.2) is 0 Å². The summed E-state index contributed by atoms with van der Waals surface area (Å²) in [6.45, 7) is 0.612. The topological polar surface area (TPSA) is 64.6 Å². The summed E-state index contributed by atoms with van der Waals surface area (Å²) in [7, 11) is 3.80. The summed E-state index contributed by atoms with van der Waals surface area (Å²) in [6.07, 6.45) is 1.92. The maximum absolute atomic E-state index is 11.9. The fraction of sp³-hybridized carbons (Fsp3) is 0.500. The number of rotatable bonds is 5. The normalized spacial score (nSPS) is 15.6. The van der Waals surface area contributed by atoms with Crippen LogP contribution in [0.4, 0.5) is 16.2 Å². The molecule has 3 N–H and O–H groups in total. The third-order valence-corrected chi connectivity index (χ3v) is 3.84. The molecule has 1 aliphatic rings. The smallest absolute Gasteiger partial charge is 0.319 e. The number of aliphatic hydroxyl groups is 1. The molecule has 1 aliphatic carbocycles. The first-order chi connectivity index (χ1) is 9.46. The van der Waals surface area contributed by atoms with Crippen LogP contribution in [-0.4, -0.2) is 38.4 Å². The molecule has 1 fully saturated rings. The first-order valence-electron chi connectivity index (χ1n) is 6.58. The summed E-state index contributed by atoms with van der Waals surface area (Å²) < 4.78 is 0. The van der Waals surface area contributed by atoms with Crippen molar-refractivity contribution in [1.29, 1.82) is 0 Å². The highest BCUT2D eigenvalue weighted by molar-refractivity contribution is 6.31. The molecular weight excluding hydrogens is 278 g/mol. The zero-order chi connectivity index (χ0) is 14.8. The molecule has 0 radical (unpaired) electrons. The van der Waals surface area contributed by atoms with E-state index in [2.05, 4.69) is 10.6 Å². The molecule has 0 saturated heterocycles. The van der Waals surface area contributed by atoms with Gasteiger partial charge in [0.2, 0.25) is 0 Å². The zero-order valence-corrected chi connectivity index (χ0v) is 12.5. The van der Waals surface area contributed by atoms with Gasteiger partial charge in [-0.15, -0.1) is 0 Å². The summed E-state index contributed by atoms with van der Waals surface area (Å²) in [6, 6.07) is 5.07. The van der Waals surface area contributed by atoms with Crippen LogP contribution in [-0.2, 0) is 0 Å². The number of amides is 2. The number of hydrogen-bond donors (Lipinski definition) is 3. The van der Waals surface area contributed by atoms with Gasteiger partial charge >= 0.3 is 6.03 Å². The highest BCUT2D eigenvalue weighted by atomic mass is 35.5. The Morgan fingerprint density at radius 2 is 2.15 bits per heavy atom. The summed E-state index contributed by atoms with van der Waals surface area (Å²) in [5.41, 5.74) is 1.44. The number of carbonyl (C=O) groups is 1. The van der Waals surface area contributed by atoms with Crippen LogP contribution in [0.2, 0.25) is 5.02 Å². The fourth-order valence-corrected chi connectivity index (χ4v) is 2.17. The van der Waals surface area contributed by atoms with Gasteiger partial charge in [0.1, 0.15) is 0 Å². The highest BCUT2D eigenvalue weighted by Gasteiger charge is 2.42. The van der Waals surface area contributed by atoms with E-state index in [0.29, 0.717) is 17.3 Å². The lowest BCUT2D eigenvalue weighted by Crippen LogP contribution is -2.35. The number of anilines is 2. The Hall–Kier alpha value is -1.46. The third kappa shape index (κ3) is 3.55. The molecule has 20 heavy (non-hydrogen) atoms. The molecule has 6 heteroatoms. The van der Waals surface area contributed by atoms with E-state index in [-0.39, 0.29) is 18.1 Å². The van der Waals surface area contributed by atoms with Gasteiger partial charge in [-0.05, 0) is 31.0 Å². The van der Waals surface area contributed by atoms with Crippen molar-refractivity contribution in [3.8, 4) is 0 Å². The Balaban J connectivity index is 1.98. The second kappa shape index (κ2) is 5.89. The molecular formula is C14H20ClN3O2. The molecule has 0 spiro atoms. The van der Waals surface area contributed by atoms with E-state index < -0.39 is 0 Å². The van der Waals surface area contributed by atoms with Gasteiger partial charge in [0.05, 0.1) is 18.0 Å². The van der Waals surface area contributed by atoms with E-state index in [1.807, 2.05) is 25.1 Å². The van der Waals surface area contributed by atoms with E-state index in [0.717, 1.165) is 18.5 Å². The second-order valence-corrected chi connectivity index (χ2v) is 5.96. The number of halogens is 1. The monoisotopic (exact) mass is 297 g/mol. The van der Waals surface area contributed by atoms with Crippen molar-refractivity contribution in [2.75, 3.05) is 37.5 Å². The number of nitrogens with one attached hydrogen (secondary N) is 2. The average molecular weight is 298 g/mol. The summed E-state index contributed by atoms with van der Waals surface area (Å²) in [5, 5.41) is 15.4. The lowest BCUT2D eigenvalue weighted by atomic mass is 10.1. The SMILES string of the molecule is CN(C)c1ccc(Cl)cc1NC(=O)NCC1(CO)CC1. The van der Waals surface area contributed by atoms with Gasteiger partial charge in [-0.3, -0.25) is 0 Å². The number of aliphatic hydroxyl groups excluding tert-OH is 1. The quantitative estimate of drug-likeness (QED) is 0.781. The molecule has 1 aromatic carbocycles. The molecule has 0 bridgehead atoms. The van der Waals surface area contributed by atoms with Crippen molar-refractivity contribution in [3.05, 3.63) is 23.2 Å². The Bertz CT molecular complexity index is 501. The van der Waals surface area contributed by atoms with Crippen molar-refractivity contribution in [3.63, 3.8) is 0 Å².